The van der Waals surface area contributed by atoms with Gasteiger partial charge in [0.1, 0.15) is 6.61 Å². The van der Waals surface area contributed by atoms with Gasteiger partial charge in [-0.2, -0.15) is 0 Å². The first-order chi connectivity index (χ1) is 12.3. The van der Waals surface area contributed by atoms with Crippen LogP contribution in [-0.4, -0.2) is 31.4 Å². The van der Waals surface area contributed by atoms with E-state index in [1.54, 1.807) is 6.92 Å². The van der Waals surface area contributed by atoms with Gasteiger partial charge in [0.05, 0.1) is 8.07 Å². The normalized spacial score (nSPS) is 31.6. The number of aliphatic hydroxyl groups is 1. The fraction of sp³-hybridized carbons (Fsp3) is 0.870. The van der Waals surface area contributed by atoms with Crippen LogP contribution in [0.15, 0.2) is 12.2 Å². The molecule has 27 heavy (non-hydrogen) atoms. The summed E-state index contributed by atoms with van der Waals surface area (Å²) in [7, 11) is -1.77. The van der Waals surface area contributed by atoms with Crippen LogP contribution in [0.5, 0.6) is 0 Å². The summed E-state index contributed by atoms with van der Waals surface area (Å²) in [6.07, 6.45) is 12.3. The molecule has 0 bridgehead atoms. The van der Waals surface area contributed by atoms with Crippen LogP contribution in [0.25, 0.3) is 0 Å². The Morgan fingerprint density at radius 1 is 1.19 bits per heavy atom. The van der Waals surface area contributed by atoms with Crippen LogP contribution in [-0.2, 0) is 9.53 Å². The zero-order valence-electron chi connectivity index (χ0n) is 18.7. The zero-order valence-corrected chi connectivity index (χ0v) is 19.7. The van der Waals surface area contributed by atoms with Gasteiger partial charge in [0.2, 0.25) is 0 Å². The lowest BCUT2D eigenvalue weighted by molar-refractivity contribution is -0.160. The maximum Gasteiger partial charge on any atom is 0.337 e. The lowest BCUT2D eigenvalue weighted by Crippen LogP contribution is -2.48. The number of carbonyl (C=O) groups excluding carboxylic acids is 1. The molecule has 2 aliphatic carbocycles. The number of rotatable bonds is 6. The monoisotopic (exact) mass is 394 g/mol. The van der Waals surface area contributed by atoms with Crippen LogP contribution in [0.2, 0.25) is 24.2 Å². The molecule has 0 aliphatic heterocycles. The highest BCUT2D eigenvalue weighted by Gasteiger charge is 2.46. The molecule has 1 N–H and O–H groups in total. The fourth-order valence-corrected chi connectivity index (χ4v) is 7.51. The molecule has 4 unspecified atom stereocenters. The second kappa shape index (κ2) is 8.02. The third kappa shape index (κ3) is 5.06. The maximum absolute atomic E-state index is 12.5. The SMILES string of the molecule is CC(O)(C[Si](C)(C)C(C)(C)C)C(=O)OCC=CC1CCC2CCCCC12C. The Hall–Kier alpha value is -0.613. The molecule has 0 aromatic rings. The number of allylic oxidation sites excluding steroid dienone is 1. The predicted molar refractivity (Wildman–Crippen MR) is 116 cm³/mol. The molecule has 2 aliphatic rings. The Balaban J connectivity index is 1.87. The molecule has 0 aromatic heterocycles. The number of carbonyl (C=O) groups is 1. The van der Waals surface area contributed by atoms with Crippen molar-refractivity contribution >= 4 is 14.0 Å². The molecule has 3 nitrogen and oxygen atoms in total. The molecule has 2 rings (SSSR count). The fourth-order valence-electron chi connectivity index (χ4n) is 5.12. The first kappa shape index (κ1) is 22.7. The Labute approximate surface area is 168 Å². The van der Waals surface area contributed by atoms with Gasteiger partial charge in [-0.05, 0) is 60.9 Å². The van der Waals surface area contributed by atoms with E-state index >= 15 is 0 Å². The summed E-state index contributed by atoms with van der Waals surface area (Å²) in [6.45, 7) is 15.4. The van der Waals surface area contributed by atoms with Gasteiger partial charge < -0.3 is 9.84 Å². The Morgan fingerprint density at radius 2 is 1.85 bits per heavy atom. The molecule has 4 atom stereocenters. The first-order valence-electron chi connectivity index (χ1n) is 10.9. The summed E-state index contributed by atoms with van der Waals surface area (Å²) in [5.74, 6) is 0.994. The number of esters is 1. The van der Waals surface area contributed by atoms with Crippen LogP contribution in [0.1, 0.15) is 73.1 Å². The average molecular weight is 395 g/mol. The molecule has 0 saturated heterocycles. The molecular formula is C23H42O3Si. The van der Waals surface area contributed by atoms with Crippen molar-refractivity contribution in [2.45, 2.75) is 103 Å². The molecule has 2 fully saturated rings. The van der Waals surface area contributed by atoms with Crippen molar-refractivity contribution < 1.29 is 14.6 Å². The van der Waals surface area contributed by atoms with Crippen LogP contribution in [0.3, 0.4) is 0 Å². The summed E-state index contributed by atoms with van der Waals surface area (Å²) in [4.78, 5) is 12.5. The van der Waals surface area contributed by atoms with Gasteiger partial charge in [-0.1, -0.05) is 65.8 Å². The summed E-state index contributed by atoms with van der Waals surface area (Å²) in [5.41, 5.74) is -0.961. The summed E-state index contributed by atoms with van der Waals surface area (Å²) < 4.78 is 5.44. The quantitative estimate of drug-likeness (QED) is 0.344. The van der Waals surface area contributed by atoms with E-state index < -0.39 is 19.6 Å². The Kier molecular flexibility index (Phi) is 6.74. The largest absolute Gasteiger partial charge is 0.459 e. The molecular weight excluding hydrogens is 352 g/mol. The smallest absolute Gasteiger partial charge is 0.337 e. The molecule has 4 heteroatoms. The van der Waals surface area contributed by atoms with Crippen molar-refractivity contribution in [3.63, 3.8) is 0 Å². The van der Waals surface area contributed by atoms with Gasteiger partial charge in [-0.15, -0.1) is 0 Å². The molecule has 0 heterocycles. The standard InChI is InChI=1S/C23H42O3Si/c1-21(2,3)27(6,7)17-23(5,25)20(24)26-16-10-12-19-14-13-18-11-8-9-15-22(18,19)4/h10,12,18-19,25H,8-9,11,13-17H2,1-7H3. The summed E-state index contributed by atoms with van der Waals surface area (Å²) in [6, 6.07) is 0.522. The zero-order chi connectivity index (χ0) is 20.5. The van der Waals surface area contributed by atoms with Crippen LogP contribution in [0.4, 0.5) is 0 Å². The molecule has 0 spiro atoms. The van der Waals surface area contributed by atoms with E-state index in [-0.39, 0.29) is 11.6 Å². The maximum atomic E-state index is 12.5. The van der Waals surface area contributed by atoms with Gasteiger partial charge in [-0.3, -0.25) is 0 Å². The third-order valence-electron chi connectivity index (χ3n) is 8.06. The van der Waals surface area contributed by atoms with Crippen molar-refractivity contribution in [1.29, 1.82) is 0 Å². The van der Waals surface area contributed by atoms with Crippen molar-refractivity contribution in [3.8, 4) is 0 Å². The predicted octanol–water partition coefficient (Wildman–Crippen LogP) is 5.95. The van der Waals surface area contributed by atoms with Gasteiger partial charge in [0.25, 0.3) is 0 Å². The Morgan fingerprint density at radius 3 is 2.48 bits per heavy atom. The second-order valence-electron chi connectivity index (χ2n) is 11.2. The van der Waals surface area contributed by atoms with Crippen LogP contribution in [0, 0.1) is 17.3 Å². The van der Waals surface area contributed by atoms with Crippen molar-refractivity contribution in [2.24, 2.45) is 17.3 Å². The van der Waals surface area contributed by atoms with Crippen molar-refractivity contribution in [3.05, 3.63) is 12.2 Å². The van der Waals surface area contributed by atoms with E-state index in [1.807, 2.05) is 6.08 Å². The highest BCUT2D eigenvalue weighted by Crippen LogP contribution is 2.55. The van der Waals surface area contributed by atoms with Gasteiger partial charge in [0, 0.05) is 0 Å². The van der Waals surface area contributed by atoms with E-state index in [0.29, 0.717) is 17.4 Å². The minimum Gasteiger partial charge on any atom is -0.459 e. The van der Waals surface area contributed by atoms with Gasteiger partial charge in [0.15, 0.2) is 5.60 Å². The summed E-state index contributed by atoms with van der Waals surface area (Å²) >= 11 is 0. The molecule has 0 radical (unpaired) electrons. The van der Waals surface area contributed by atoms with Crippen molar-refractivity contribution in [1.82, 2.24) is 0 Å². The van der Waals surface area contributed by atoms with Gasteiger partial charge >= 0.3 is 5.97 Å². The van der Waals surface area contributed by atoms with E-state index in [2.05, 4.69) is 46.9 Å². The van der Waals surface area contributed by atoms with Gasteiger partial charge in [-0.25, -0.2) is 4.79 Å². The number of hydrogen-bond acceptors (Lipinski definition) is 3. The minimum atomic E-state index is -1.77. The van der Waals surface area contributed by atoms with Crippen LogP contribution >= 0.6 is 0 Å². The molecule has 0 amide bonds. The third-order valence-corrected chi connectivity index (χ3v) is 13.7. The molecule has 156 valence electrons. The lowest BCUT2D eigenvalue weighted by Gasteiger charge is -2.40. The van der Waals surface area contributed by atoms with E-state index in [1.165, 1.54) is 38.5 Å². The highest BCUT2D eigenvalue weighted by atomic mass is 28.3. The first-order valence-corrected chi connectivity index (χ1v) is 14.1. The van der Waals surface area contributed by atoms with E-state index in [0.717, 1.165) is 5.92 Å². The summed E-state index contributed by atoms with van der Waals surface area (Å²) in [5, 5.41) is 10.9. The van der Waals surface area contributed by atoms with Crippen molar-refractivity contribution in [2.75, 3.05) is 6.61 Å². The van der Waals surface area contributed by atoms with Crippen LogP contribution < -0.4 is 0 Å². The topological polar surface area (TPSA) is 46.5 Å². The highest BCUT2D eigenvalue weighted by molar-refractivity contribution is 6.80. The average Bonchev–Trinajstić information content (AvgIpc) is 2.85. The lowest BCUT2D eigenvalue weighted by atomic mass is 9.65. The number of fused-ring (bicyclic) bond motifs is 1. The minimum absolute atomic E-state index is 0.131. The number of ether oxygens (including phenoxy) is 1. The second-order valence-corrected chi connectivity index (χ2v) is 16.9. The van der Waals surface area contributed by atoms with E-state index in [4.69, 9.17) is 4.74 Å². The van der Waals surface area contributed by atoms with E-state index in [9.17, 15) is 9.90 Å². The molecule has 0 aromatic carbocycles. The molecule has 2 saturated carbocycles. The number of hydrogen-bond donors (Lipinski definition) is 1. The Bertz CT molecular complexity index is 558.